The molecule has 0 aliphatic rings. The SMILES string of the molecule is O=C(B(F)F)c1ccccc1. The predicted octanol–water partition coefficient (Wildman–Crippen LogP) is 1.84. The van der Waals surface area contributed by atoms with Crippen molar-refractivity contribution in [3.63, 3.8) is 0 Å². The van der Waals surface area contributed by atoms with Crippen LogP contribution in [0.2, 0.25) is 0 Å². The highest BCUT2D eigenvalue weighted by Crippen LogP contribution is 2.03. The van der Waals surface area contributed by atoms with Crippen molar-refractivity contribution in [3.05, 3.63) is 35.9 Å². The van der Waals surface area contributed by atoms with Crippen LogP contribution in [0.4, 0.5) is 8.63 Å². The Morgan fingerprint density at radius 2 is 1.73 bits per heavy atom. The molecular formula is C7H5BF2O. The van der Waals surface area contributed by atoms with E-state index in [1.807, 2.05) is 0 Å². The van der Waals surface area contributed by atoms with Gasteiger partial charge in [0.15, 0.2) is 0 Å². The fourth-order valence-corrected chi connectivity index (χ4v) is 0.728. The first kappa shape index (κ1) is 7.92. The van der Waals surface area contributed by atoms with Gasteiger partial charge in [-0.25, -0.2) is 0 Å². The largest absolute Gasteiger partial charge is 0.614 e. The van der Waals surface area contributed by atoms with Gasteiger partial charge in [-0.1, -0.05) is 30.3 Å². The molecule has 0 heterocycles. The van der Waals surface area contributed by atoms with E-state index in [0.29, 0.717) is 0 Å². The van der Waals surface area contributed by atoms with Crippen LogP contribution < -0.4 is 0 Å². The van der Waals surface area contributed by atoms with Gasteiger partial charge in [-0.3, -0.25) is 13.4 Å². The van der Waals surface area contributed by atoms with E-state index in [9.17, 15) is 13.4 Å². The number of halogens is 2. The summed E-state index contributed by atoms with van der Waals surface area (Å²) in [5.74, 6) is 0. The van der Waals surface area contributed by atoms with Crippen LogP contribution in [-0.4, -0.2) is 12.9 Å². The highest BCUT2D eigenvalue weighted by Gasteiger charge is 2.25. The van der Waals surface area contributed by atoms with Crippen molar-refractivity contribution < 1.29 is 13.4 Å². The molecule has 0 aliphatic carbocycles. The lowest BCUT2D eigenvalue weighted by molar-refractivity contribution is 0.105. The summed E-state index contributed by atoms with van der Waals surface area (Å²) in [6, 6.07) is 7.51. The van der Waals surface area contributed by atoms with Gasteiger partial charge in [0.25, 0.3) is 0 Å². The molecule has 0 aromatic heterocycles. The number of hydrogen-bond acceptors (Lipinski definition) is 1. The number of rotatable bonds is 2. The molecule has 1 nitrogen and oxygen atoms in total. The third-order valence-electron chi connectivity index (χ3n) is 1.26. The molecule has 0 unspecified atom stereocenters. The number of carbonyl (C=O) groups is 1. The predicted molar refractivity (Wildman–Crippen MR) is 38.7 cm³/mol. The van der Waals surface area contributed by atoms with E-state index in [1.165, 1.54) is 12.1 Å². The standard InChI is InChI=1S/C7H5BF2O/c9-8(10)7(11)6-4-2-1-3-5-6/h1-5H. The zero-order valence-electron chi connectivity index (χ0n) is 5.63. The van der Waals surface area contributed by atoms with Crippen molar-refractivity contribution in [3.8, 4) is 0 Å². The fraction of sp³-hybridized carbons (Fsp3) is 0. The first-order valence-electron chi connectivity index (χ1n) is 3.09. The molecule has 11 heavy (non-hydrogen) atoms. The molecule has 0 saturated heterocycles. The van der Waals surface area contributed by atoms with E-state index in [0.717, 1.165) is 0 Å². The normalized spacial score (nSPS) is 9.27. The van der Waals surface area contributed by atoms with Crippen LogP contribution in [0.1, 0.15) is 10.4 Å². The Bertz CT molecular complexity index is 248. The second kappa shape index (κ2) is 3.28. The van der Waals surface area contributed by atoms with E-state index < -0.39 is 12.9 Å². The molecule has 4 heteroatoms. The summed E-state index contributed by atoms with van der Waals surface area (Å²) in [4.78, 5) is 10.6. The molecule has 1 rings (SSSR count). The van der Waals surface area contributed by atoms with Gasteiger partial charge in [0.05, 0.1) is 0 Å². The molecule has 0 aliphatic heterocycles. The first-order chi connectivity index (χ1) is 5.22. The molecule has 1 aromatic rings. The molecule has 0 amide bonds. The van der Waals surface area contributed by atoms with Crippen molar-refractivity contribution in [1.29, 1.82) is 0 Å². The van der Waals surface area contributed by atoms with Crippen molar-refractivity contribution >= 4 is 12.9 Å². The summed E-state index contributed by atoms with van der Waals surface area (Å²) in [6.45, 7) is 0. The minimum atomic E-state index is -2.91. The third-order valence-corrected chi connectivity index (χ3v) is 1.26. The molecule has 0 bridgehead atoms. The Balaban J connectivity index is 2.86. The maximum atomic E-state index is 11.8. The maximum absolute atomic E-state index is 11.8. The van der Waals surface area contributed by atoms with Crippen LogP contribution in [0.25, 0.3) is 0 Å². The molecule has 0 fully saturated rings. The highest BCUT2D eigenvalue weighted by molar-refractivity contribution is 6.82. The van der Waals surface area contributed by atoms with Gasteiger partial charge in [0, 0.05) is 5.56 Å². The topological polar surface area (TPSA) is 17.1 Å². The Morgan fingerprint density at radius 1 is 1.18 bits per heavy atom. The van der Waals surface area contributed by atoms with Crippen molar-refractivity contribution in [2.75, 3.05) is 0 Å². The number of carbonyl (C=O) groups excluding carboxylic acids is 1. The van der Waals surface area contributed by atoms with Crippen LogP contribution in [0, 0.1) is 0 Å². The highest BCUT2D eigenvalue weighted by atomic mass is 19.2. The lowest BCUT2D eigenvalue weighted by Gasteiger charge is -1.93. The molecule has 1 aromatic carbocycles. The van der Waals surface area contributed by atoms with E-state index >= 15 is 0 Å². The van der Waals surface area contributed by atoms with Gasteiger partial charge in [-0.05, 0) is 0 Å². The third kappa shape index (κ3) is 1.87. The summed E-state index contributed by atoms with van der Waals surface area (Å²) in [5.41, 5.74) is -1.06. The minimum Gasteiger partial charge on any atom is -0.298 e. The number of benzene rings is 1. The van der Waals surface area contributed by atoms with E-state index in [2.05, 4.69) is 0 Å². The molecule has 56 valence electrons. The maximum Gasteiger partial charge on any atom is 0.614 e. The smallest absolute Gasteiger partial charge is 0.298 e. The lowest BCUT2D eigenvalue weighted by Crippen LogP contribution is -2.14. The second-order valence-corrected chi connectivity index (χ2v) is 2.03. The monoisotopic (exact) mass is 154 g/mol. The fourth-order valence-electron chi connectivity index (χ4n) is 0.728. The average molecular weight is 154 g/mol. The lowest BCUT2D eigenvalue weighted by atomic mass is 9.85. The number of hydrogen-bond donors (Lipinski definition) is 0. The van der Waals surface area contributed by atoms with Crippen LogP contribution >= 0.6 is 0 Å². The zero-order chi connectivity index (χ0) is 8.27. The summed E-state index contributed by atoms with van der Waals surface area (Å²) in [7, 11) is -2.91. The summed E-state index contributed by atoms with van der Waals surface area (Å²) in [6.07, 6.45) is 0. The average Bonchev–Trinajstić information content (AvgIpc) is 2.05. The Kier molecular flexibility index (Phi) is 2.36. The molecule has 0 N–H and O–H groups in total. The van der Waals surface area contributed by atoms with Gasteiger partial charge in [0.1, 0.15) is 0 Å². The zero-order valence-corrected chi connectivity index (χ0v) is 5.63. The molecular weight excluding hydrogens is 149 g/mol. The van der Waals surface area contributed by atoms with Gasteiger partial charge < -0.3 is 0 Å². The molecule has 0 saturated carbocycles. The van der Waals surface area contributed by atoms with Crippen LogP contribution in [-0.2, 0) is 0 Å². The Labute approximate surface area is 63.2 Å². The van der Waals surface area contributed by atoms with E-state index in [4.69, 9.17) is 0 Å². The Morgan fingerprint density at radius 3 is 2.18 bits per heavy atom. The van der Waals surface area contributed by atoms with E-state index in [1.54, 1.807) is 18.2 Å². The first-order valence-corrected chi connectivity index (χ1v) is 3.09. The minimum absolute atomic E-state index is 0.0579. The molecule has 0 spiro atoms. The van der Waals surface area contributed by atoms with Gasteiger partial charge in [-0.15, -0.1) is 0 Å². The summed E-state index contributed by atoms with van der Waals surface area (Å²) < 4.78 is 23.5. The molecule has 0 radical (unpaired) electrons. The second-order valence-electron chi connectivity index (χ2n) is 2.03. The van der Waals surface area contributed by atoms with Crippen LogP contribution in [0.15, 0.2) is 30.3 Å². The summed E-state index contributed by atoms with van der Waals surface area (Å²) >= 11 is 0. The van der Waals surface area contributed by atoms with Crippen molar-refractivity contribution in [2.45, 2.75) is 0 Å². The van der Waals surface area contributed by atoms with E-state index in [-0.39, 0.29) is 5.56 Å². The van der Waals surface area contributed by atoms with Crippen LogP contribution in [0.5, 0.6) is 0 Å². The van der Waals surface area contributed by atoms with Crippen LogP contribution in [0.3, 0.4) is 0 Å². The Hall–Kier alpha value is -1.19. The summed E-state index contributed by atoms with van der Waals surface area (Å²) in [5, 5.41) is 0. The van der Waals surface area contributed by atoms with Crippen molar-refractivity contribution in [2.24, 2.45) is 0 Å². The van der Waals surface area contributed by atoms with Gasteiger partial charge >= 0.3 is 7.27 Å². The quantitative estimate of drug-likeness (QED) is 0.593. The molecule has 0 atom stereocenters. The van der Waals surface area contributed by atoms with Gasteiger partial charge in [-0.2, -0.15) is 0 Å². The van der Waals surface area contributed by atoms with Crippen molar-refractivity contribution in [1.82, 2.24) is 0 Å². The van der Waals surface area contributed by atoms with Gasteiger partial charge in [0.2, 0.25) is 5.68 Å².